The lowest BCUT2D eigenvalue weighted by Gasteiger charge is -2.09. The molecule has 28 heavy (non-hydrogen) atoms. The molecule has 0 bridgehead atoms. The highest BCUT2D eigenvalue weighted by Crippen LogP contribution is 2.38. The van der Waals surface area contributed by atoms with Crippen molar-refractivity contribution in [3.63, 3.8) is 0 Å². The Morgan fingerprint density at radius 2 is 2.04 bits per heavy atom. The van der Waals surface area contributed by atoms with Gasteiger partial charge in [-0.3, -0.25) is 19.0 Å². The second-order valence-electron chi connectivity index (χ2n) is 6.73. The van der Waals surface area contributed by atoms with E-state index < -0.39 is 29.6 Å². The van der Waals surface area contributed by atoms with Gasteiger partial charge in [-0.15, -0.1) is 11.3 Å². The molecule has 0 atom stereocenters. The van der Waals surface area contributed by atoms with Gasteiger partial charge in [0.05, 0.1) is 11.9 Å². The van der Waals surface area contributed by atoms with Gasteiger partial charge in [0.25, 0.3) is 11.5 Å². The third-order valence-corrected chi connectivity index (χ3v) is 6.13. The molecule has 4 rings (SSSR count). The molecule has 0 saturated heterocycles. The monoisotopic (exact) mass is 402 g/mol. The number of amides is 2. The topological polar surface area (TPSA) is 134 Å². The van der Waals surface area contributed by atoms with Gasteiger partial charge in [-0.2, -0.15) is 0 Å². The van der Waals surface area contributed by atoms with Crippen molar-refractivity contribution in [3.05, 3.63) is 43.2 Å². The minimum Gasteiger partial charge on any atom is -0.365 e. The van der Waals surface area contributed by atoms with Crippen LogP contribution in [0.1, 0.15) is 27.2 Å². The summed E-state index contributed by atoms with van der Waals surface area (Å²) in [4.78, 5) is 54.7. The molecule has 1 aliphatic carbocycles. The van der Waals surface area contributed by atoms with E-state index in [-0.39, 0.29) is 11.2 Å². The molecule has 3 N–H and O–H groups in total. The molecule has 10 nitrogen and oxygen atoms in total. The van der Waals surface area contributed by atoms with Crippen LogP contribution < -0.4 is 22.3 Å². The van der Waals surface area contributed by atoms with Gasteiger partial charge in [-0.25, -0.2) is 14.3 Å². The largest absolute Gasteiger partial charge is 0.365 e. The fourth-order valence-corrected chi connectivity index (χ4v) is 4.91. The van der Waals surface area contributed by atoms with Crippen LogP contribution in [0, 0.1) is 0 Å². The van der Waals surface area contributed by atoms with Crippen molar-refractivity contribution in [2.24, 2.45) is 19.8 Å². The van der Waals surface area contributed by atoms with Crippen molar-refractivity contribution >= 4 is 39.3 Å². The summed E-state index contributed by atoms with van der Waals surface area (Å²) in [5.74, 6) is -1.18. The highest BCUT2D eigenvalue weighted by Gasteiger charge is 2.26. The van der Waals surface area contributed by atoms with Crippen LogP contribution in [-0.4, -0.2) is 30.5 Å². The summed E-state index contributed by atoms with van der Waals surface area (Å²) >= 11 is 1.32. The summed E-state index contributed by atoms with van der Waals surface area (Å²) in [7, 11) is 3.12. The average molecular weight is 402 g/mol. The smallest absolute Gasteiger partial charge is 0.332 e. The highest BCUT2D eigenvalue weighted by atomic mass is 32.1. The normalized spacial score (nSPS) is 13.1. The first-order valence-corrected chi connectivity index (χ1v) is 9.46. The number of nitrogens with two attached hydrogens (primary N) is 1. The van der Waals surface area contributed by atoms with Gasteiger partial charge in [-0.1, -0.05) is 0 Å². The van der Waals surface area contributed by atoms with Gasteiger partial charge >= 0.3 is 5.69 Å². The summed E-state index contributed by atoms with van der Waals surface area (Å²) in [6, 6.07) is 0. The average Bonchev–Trinajstić information content (AvgIpc) is 3.30. The van der Waals surface area contributed by atoms with Gasteiger partial charge in [0.2, 0.25) is 5.91 Å². The lowest BCUT2D eigenvalue weighted by atomic mass is 10.1. The van der Waals surface area contributed by atoms with Gasteiger partial charge in [0, 0.05) is 19.0 Å². The van der Waals surface area contributed by atoms with Crippen LogP contribution >= 0.6 is 11.3 Å². The predicted molar refractivity (Wildman–Crippen MR) is 104 cm³/mol. The molecule has 1 aliphatic rings. The molecule has 0 aromatic carbocycles. The number of primary amides is 1. The SMILES string of the molecule is Cn1cnc2c1c(=O)n(CC(=O)Nc1sc3c(c1C(N)=O)CCC3)c(=O)n2C. The zero-order valence-electron chi connectivity index (χ0n) is 15.3. The lowest BCUT2D eigenvalue weighted by molar-refractivity contribution is -0.116. The number of carbonyl (C=O) groups excluding carboxylic acids is 2. The number of thiophene rings is 1. The number of nitrogens with one attached hydrogen (secondary N) is 1. The molecule has 3 aromatic heterocycles. The van der Waals surface area contributed by atoms with E-state index in [1.54, 1.807) is 7.05 Å². The van der Waals surface area contributed by atoms with Crippen molar-refractivity contribution in [3.8, 4) is 0 Å². The first-order chi connectivity index (χ1) is 13.3. The Bertz CT molecular complexity index is 1260. The van der Waals surface area contributed by atoms with Gasteiger partial charge in [-0.05, 0) is 24.8 Å². The first kappa shape index (κ1) is 18.2. The lowest BCUT2D eigenvalue weighted by Crippen LogP contribution is -2.42. The maximum atomic E-state index is 12.7. The fourth-order valence-electron chi connectivity index (χ4n) is 3.60. The van der Waals surface area contributed by atoms with Gasteiger partial charge in [0.1, 0.15) is 11.5 Å². The van der Waals surface area contributed by atoms with E-state index >= 15 is 0 Å². The van der Waals surface area contributed by atoms with Crippen LogP contribution in [0.25, 0.3) is 11.2 Å². The molecule has 146 valence electrons. The van der Waals surface area contributed by atoms with E-state index in [0.717, 1.165) is 34.3 Å². The summed E-state index contributed by atoms with van der Waals surface area (Å²) in [6.07, 6.45) is 3.97. The second kappa shape index (κ2) is 6.44. The second-order valence-corrected chi connectivity index (χ2v) is 7.84. The minimum absolute atomic E-state index is 0.225. The van der Waals surface area contributed by atoms with Crippen LogP contribution in [0.4, 0.5) is 5.00 Å². The molecule has 3 aromatic rings. The van der Waals surface area contributed by atoms with E-state index in [4.69, 9.17) is 5.73 Å². The summed E-state index contributed by atoms with van der Waals surface area (Å²) in [5.41, 5.74) is 5.94. The third-order valence-electron chi connectivity index (χ3n) is 4.92. The number of hydrogen-bond acceptors (Lipinski definition) is 6. The Morgan fingerprint density at radius 1 is 1.29 bits per heavy atom. The third kappa shape index (κ3) is 2.66. The Morgan fingerprint density at radius 3 is 2.75 bits per heavy atom. The van der Waals surface area contributed by atoms with Crippen molar-refractivity contribution < 1.29 is 9.59 Å². The molecule has 2 amide bonds. The maximum absolute atomic E-state index is 12.7. The number of nitrogens with zero attached hydrogens (tertiary/aromatic N) is 4. The van der Waals surface area contributed by atoms with Crippen molar-refractivity contribution in [2.45, 2.75) is 25.8 Å². The number of imidazole rings is 1. The van der Waals surface area contributed by atoms with Crippen molar-refractivity contribution in [1.29, 1.82) is 0 Å². The quantitative estimate of drug-likeness (QED) is 0.619. The molecular formula is C17H18N6O4S. The fraction of sp³-hybridized carbons (Fsp3) is 0.353. The van der Waals surface area contributed by atoms with Crippen LogP contribution in [-0.2, 0) is 38.3 Å². The standard InChI is InChI=1S/C17H18N6O4S/c1-21-7-19-14-12(21)16(26)23(17(27)22(14)2)6-10(24)20-15-11(13(18)25)8-4-3-5-9(8)28-15/h7H,3-6H2,1-2H3,(H2,18,25)(H,20,24). The van der Waals surface area contributed by atoms with Crippen molar-refractivity contribution in [2.75, 3.05) is 5.32 Å². The van der Waals surface area contributed by atoms with E-state index in [1.165, 1.54) is 33.8 Å². The molecule has 3 heterocycles. The highest BCUT2D eigenvalue weighted by molar-refractivity contribution is 7.17. The van der Waals surface area contributed by atoms with Crippen LogP contribution in [0.5, 0.6) is 0 Å². The first-order valence-electron chi connectivity index (χ1n) is 8.64. The van der Waals surface area contributed by atoms with E-state index in [0.29, 0.717) is 10.6 Å². The van der Waals surface area contributed by atoms with Crippen LogP contribution in [0.15, 0.2) is 15.9 Å². The van der Waals surface area contributed by atoms with E-state index in [1.807, 2.05) is 0 Å². The van der Waals surface area contributed by atoms with Crippen LogP contribution in [0.2, 0.25) is 0 Å². The molecular weight excluding hydrogens is 384 g/mol. The summed E-state index contributed by atoms with van der Waals surface area (Å²) in [6.45, 7) is -0.479. The number of rotatable bonds is 4. The number of fused-ring (bicyclic) bond motifs is 2. The van der Waals surface area contributed by atoms with Gasteiger partial charge in [0.15, 0.2) is 11.2 Å². The minimum atomic E-state index is -0.643. The zero-order valence-corrected chi connectivity index (χ0v) is 16.1. The zero-order chi connectivity index (χ0) is 20.2. The number of aromatic nitrogens is 4. The molecule has 0 saturated carbocycles. The van der Waals surface area contributed by atoms with E-state index in [2.05, 4.69) is 10.3 Å². The predicted octanol–water partition coefficient (Wildman–Crippen LogP) is -0.278. The molecule has 11 heteroatoms. The molecule has 0 unspecified atom stereocenters. The maximum Gasteiger partial charge on any atom is 0.332 e. The summed E-state index contributed by atoms with van der Waals surface area (Å²) < 4.78 is 3.57. The number of aryl methyl sites for hydroxylation is 3. The van der Waals surface area contributed by atoms with E-state index in [9.17, 15) is 19.2 Å². The van der Waals surface area contributed by atoms with Gasteiger partial charge < -0.3 is 15.6 Å². The molecule has 0 spiro atoms. The number of anilines is 1. The Labute approximate surface area is 162 Å². The number of hydrogen-bond donors (Lipinski definition) is 2. The van der Waals surface area contributed by atoms with Crippen molar-refractivity contribution in [1.82, 2.24) is 18.7 Å². The Balaban J connectivity index is 1.69. The summed E-state index contributed by atoms with van der Waals surface area (Å²) in [5, 5.41) is 3.02. The molecule has 0 fully saturated rings. The number of carbonyl (C=O) groups is 2. The Kier molecular flexibility index (Phi) is 4.18. The molecule has 0 radical (unpaired) electrons. The Hall–Kier alpha value is -3.21. The molecule has 0 aliphatic heterocycles. The van der Waals surface area contributed by atoms with Crippen LogP contribution in [0.3, 0.4) is 0 Å².